The van der Waals surface area contributed by atoms with Crippen molar-refractivity contribution in [2.24, 2.45) is 0 Å². The number of rotatable bonds is 4. The van der Waals surface area contributed by atoms with Crippen LogP contribution in [0.4, 0.5) is 0 Å². The number of hydrogen-bond donors (Lipinski definition) is 1. The molecule has 2 aromatic heterocycles. The summed E-state index contributed by atoms with van der Waals surface area (Å²) in [5.74, 6) is 2.69. The van der Waals surface area contributed by atoms with Gasteiger partial charge in [-0.05, 0) is 25.5 Å². The van der Waals surface area contributed by atoms with Crippen LogP contribution in [0.15, 0.2) is 21.3 Å². The summed E-state index contributed by atoms with van der Waals surface area (Å²) in [4.78, 5) is 22.0. The highest BCUT2D eigenvalue weighted by Crippen LogP contribution is 2.17. The molecule has 0 bridgehead atoms. The van der Waals surface area contributed by atoms with E-state index < -0.39 is 0 Å². The molecular weight excluding hydrogens is 266 g/mol. The summed E-state index contributed by atoms with van der Waals surface area (Å²) >= 11 is 0. The van der Waals surface area contributed by atoms with Gasteiger partial charge < -0.3 is 9.40 Å². The molecule has 0 aliphatic carbocycles. The largest absolute Gasteiger partial charge is 0.465 e. The zero-order valence-electron chi connectivity index (χ0n) is 12.6. The van der Waals surface area contributed by atoms with E-state index in [9.17, 15) is 4.79 Å². The monoisotopic (exact) mass is 287 g/mol. The van der Waals surface area contributed by atoms with E-state index >= 15 is 0 Å². The normalized spacial score (nSPS) is 15.1. The van der Waals surface area contributed by atoms with Crippen LogP contribution < -0.4 is 5.56 Å². The van der Waals surface area contributed by atoms with Crippen molar-refractivity contribution >= 4 is 0 Å². The average Bonchev–Trinajstić information content (AvgIpc) is 2.85. The number of H-pyrrole nitrogens is 1. The summed E-state index contributed by atoms with van der Waals surface area (Å²) < 4.78 is 5.61. The fourth-order valence-corrected chi connectivity index (χ4v) is 2.81. The van der Waals surface area contributed by atoms with Crippen molar-refractivity contribution in [1.29, 1.82) is 0 Å². The van der Waals surface area contributed by atoms with Gasteiger partial charge in [0.2, 0.25) is 0 Å². The summed E-state index contributed by atoms with van der Waals surface area (Å²) in [5.41, 5.74) is 1.79. The van der Waals surface area contributed by atoms with Gasteiger partial charge in [-0.15, -0.1) is 0 Å². The van der Waals surface area contributed by atoms with Crippen LogP contribution in [0, 0.1) is 6.92 Å². The van der Waals surface area contributed by atoms with Gasteiger partial charge in [0.25, 0.3) is 5.56 Å². The van der Waals surface area contributed by atoms with E-state index in [1.165, 1.54) is 0 Å². The quantitative estimate of drug-likeness (QED) is 0.936. The van der Waals surface area contributed by atoms with Crippen LogP contribution >= 0.6 is 0 Å². The lowest BCUT2D eigenvalue weighted by Crippen LogP contribution is -2.35. The predicted octanol–water partition coefficient (Wildman–Crippen LogP) is 2.18. The van der Waals surface area contributed by atoms with Gasteiger partial charge in [0.15, 0.2) is 0 Å². The Labute approximate surface area is 124 Å². The maximum Gasteiger partial charge on any atom is 0.255 e. The van der Waals surface area contributed by atoms with Gasteiger partial charge >= 0.3 is 0 Å². The van der Waals surface area contributed by atoms with Crippen LogP contribution in [-0.2, 0) is 25.9 Å². The Kier molecular flexibility index (Phi) is 3.92. The lowest BCUT2D eigenvalue weighted by Gasteiger charge is -2.26. The molecule has 112 valence electrons. The third-order valence-corrected chi connectivity index (χ3v) is 3.86. The maximum absolute atomic E-state index is 12.2. The second-order valence-corrected chi connectivity index (χ2v) is 5.66. The van der Waals surface area contributed by atoms with Gasteiger partial charge in [-0.25, -0.2) is 4.98 Å². The van der Waals surface area contributed by atoms with Crippen molar-refractivity contribution in [2.75, 3.05) is 6.54 Å². The molecule has 0 amide bonds. The lowest BCUT2D eigenvalue weighted by atomic mass is 10.1. The van der Waals surface area contributed by atoms with Gasteiger partial charge in [-0.3, -0.25) is 9.69 Å². The molecule has 1 aliphatic rings. The first-order valence-corrected chi connectivity index (χ1v) is 7.54. The van der Waals surface area contributed by atoms with Crippen molar-refractivity contribution in [3.63, 3.8) is 0 Å². The topological polar surface area (TPSA) is 62.1 Å². The van der Waals surface area contributed by atoms with Crippen molar-refractivity contribution in [3.8, 4) is 0 Å². The molecule has 3 heterocycles. The molecule has 0 atom stereocenters. The van der Waals surface area contributed by atoms with Crippen LogP contribution in [0.2, 0.25) is 0 Å². The molecule has 0 radical (unpaired) electrons. The van der Waals surface area contributed by atoms with Gasteiger partial charge in [0, 0.05) is 25.9 Å². The highest BCUT2D eigenvalue weighted by atomic mass is 16.3. The SMILES string of the molecule is CCCc1nc2c(c(=O)[nH]1)CN(Cc1ccc(C)o1)CC2. The van der Waals surface area contributed by atoms with Crippen molar-refractivity contribution < 1.29 is 4.42 Å². The van der Waals surface area contributed by atoms with Gasteiger partial charge in [-0.1, -0.05) is 6.92 Å². The van der Waals surface area contributed by atoms with Crippen LogP contribution in [0.5, 0.6) is 0 Å². The Morgan fingerprint density at radius 3 is 3.00 bits per heavy atom. The van der Waals surface area contributed by atoms with Crippen molar-refractivity contribution in [2.45, 2.75) is 46.2 Å². The smallest absolute Gasteiger partial charge is 0.255 e. The minimum absolute atomic E-state index is 0.0174. The summed E-state index contributed by atoms with van der Waals surface area (Å²) in [6.45, 7) is 6.33. The number of hydrogen-bond acceptors (Lipinski definition) is 4. The number of aromatic nitrogens is 2. The molecule has 0 aromatic carbocycles. The molecule has 21 heavy (non-hydrogen) atoms. The fraction of sp³-hybridized carbons (Fsp3) is 0.500. The summed E-state index contributed by atoms with van der Waals surface area (Å²) in [6, 6.07) is 3.97. The summed E-state index contributed by atoms with van der Waals surface area (Å²) in [5, 5.41) is 0. The fourth-order valence-electron chi connectivity index (χ4n) is 2.81. The van der Waals surface area contributed by atoms with Crippen LogP contribution in [-0.4, -0.2) is 21.4 Å². The zero-order chi connectivity index (χ0) is 14.8. The average molecular weight is 287 g/mol. The van der Waals surface area contributed by atoms with Crippen LogP contribution in [0.25, 0.3) is 0 Å². The summed E-state index contributed by atoms with van der Waals surface area (Å²) in [6.07, 6.45) is 2.65. The minimum atomic E-state index is 0.0174. The predicted molar refractivity (Wildman–Crippen MR) is 80.1 cm³/mol. The number of aromatic amines is 1. The first-order chi connectivity index (χ1) is 10.2. The minimum Gasteiger partial charge on any atom is -0.465 e. The first-order valence-electron chi connectivity index (χ1n) is 7.54. The molecule has 2 aromatic rings. The van der Waals surface area contributed by atoms with Gasteiger partial charge in [0.05, 0.1) is 17.8 Å². The molecule has 0 saturated heterocycles. The Morgan fingerprint density at radius 1 is 1.43 bits per heavy atom. The summed E-state index contributed by atoms with van der Waals surface area (Å²) in [7, 11) is 0. The standard InChI is InChI=1S/C16H21N3O2/c1-3-4-15-17-14-7-8-19(10-13(14)16(20)18-15)9-12-6-5-11(2)21-12/h5-6H,3-4,7-10H2,1-2H3,(H,17,18,20). The number of aryl methyl sites for hydroxylation is 2. The van der Waals surface area contributed by atoms with E-state index in [0.717, 1.165) is 61.0 Å². The number of nitrogens with zero attached hydrogens (tertiary/aromatic N) is 2. The first kappa shape index (κ1) is 14.1. The molecule has 1 aliphatic heterocycles. The van der Waals surface area contributed by atoms with E-state index in [4.69, 9.17) is 4.42 Å². The Bertz CT molecular complexity index is 687. The molecule has 0 spiro atoms. The molecule has 0 fully saturated rings. The molecule has 5 heteroatoms. The molecule has 3 rings (SSSR count). The van der Waals surface area contributed by atoms with E-state index in [-0.39, 0.29) is 5.56 Å². The maximum atomic E-state index is 12.2. The molecule has 5 nitrogen and oxygen atoms in total. The Morgan fingerprint density at radius 2 is 2.29 bits per heavy atom. The van der Waals surface area contributed by atoms with Crippen molar-refractivity contribution in [1.82, 2.24) is 14.9 Å². The molecular formula is C16H21N3O2. The van der Waals surface area contributed by atoms with E-state index in [1.807, 2.05) is 19.1 Å². The Hall–Kier alpha value is -1.88. The number of fused-ring (bicyclic) bond motifs is 1. The third kappa shape index (κ3) is 3.08. The Balaban J connectivity index is 1.77. The molecule has 0 unspecified atom stereocenters. The number of furan rings is 1. The van der Waals surface area contributed by atoms with Crippen LogP contribution in [0.3, 0.4) is 0 Å². The number of nitrogens with one attached hydrogen (secondary N) is 1. The zero-order valence-corrected chi connectivity index (χ0v) is 12.6. The lowest BCUT2D eigenvalue weighted by molar-refractivity contribution is 0.221. The van der Waals surface area contributed by atoms with Crippen LogP contribution in [0.1, 0.15) is 41.9 Å². The van der Waals surface area contributed by atoms with Gasteiger partial charge in [0.1, 0.15) is 17.3 Å². The molecule has 0 saturated carbocycles. The third-order valence-electron chi connectivity index (χ3n) is 3.86. The highest BCUT2D eigenvalue weighted by molar-refractivity contribution is 5.21. The highest BCUT2D eigenvalue weighted by Gasteiger charge is 2.21. The van der Waals surface area contributed by atoms with E-state index in [1.54, 1.807) is 0 Å². The van der Waals surface area contributed by atoms with Crippen molar-refractivity contribution in [3.05, 3.63) is 51.1 Å². The van der Waals surface area contributed by atoms with E-state index in [0.29, 0.717) is 6.54 Å². The second kappa shape index (κ2) is 5.85. The molecule has 1 N–H and O–H groups in total. The van der Waals surface area contributed by atoms with Gasteiger partial charge in [-0.2, -0.15) is 0 Å². The van der Waals surface area contributed by atoms with E-state index in [2.05, 4.69) is 21.8 Å². The second-order valence-electron chi connectivity index (χ2n) is 5.66.